The van der Waals surface area contributed by atoms with E-state index in [9.17, 15) is 8.42 Å². The Morgan fingerprint density at radius 2 is 2.00 bits per heavy atom. The molecule has 23 heavy (non-hydrogen) atoms. The van der Waals surface area contributed by atoms with Crippen LogP contribution in [0.3, 0.4) is 0 Å². The molecule has 2 aromatic rings. The SMILES string of the molecule is CCCN1CCCN(S(=O)(=O)Cc2noc3ccccc23)CC1. The standard InChI is InChI=1S/C16H23N3O3S/c1-2-8-18-9-5-10-19(12-11-18)23(20,21)13-15-14-6-3-4-7-16(14)22-17-15/h3-4,6-7H,2,5,8-13H2,1H3. The molecule has 6 nitrogen and oxygen atoms in total. The predicted molar refractivity (Wildman–Crippen MR) is 89.6 cm³/mol. The van der Waals surface area contributed by atoms with Gasteiger partial charge >= 0.3 is 0 Å². The van der Waals surface area contributed by atoms with E-state index in [4.69, 9.17) is 4.52 Å². The van der Waals surface area contributed by atoms with Crippen LogP contribution in [0.5, 0.6) is 0 Å². The Kier molecular flexibility index (Phi) is 4.99. The zero-order chi connectivity index (χ0) is 16.3. The first-order valence-electron chi connectivity index (χ1n) is 8.13. The number of nitrogens with zero attached hydrogens (tertiary/aromatic N) is 3. The molecule has 0 unspecified atom stereocenters. The van der Waals surface area contributed by atoms with Crippen molar-refractivity contribution >= 4 is 21.0 Å². The van der Waals surface area contributed by atoms with Crippen LogP contribution >= 0.6 is 0 Å². The fraction of sp³-hybridized carbons (Fsp3) is 0.562. The van der Waals surface area contributed by atoms with Crippen molar-refractivity contribution in [3.8, 4) is 0 Å². The van der Waals surface area contributed by atoms with Crippen molar-refractivity contribution in [3.05, 3.63) is 30.0 Å². The first kappa shape index (κ1) is 16.4. The predicted octanol–water partition coefficient (Wildman–Crippen LogP) is 2.08. The minimum absolute atomic E-state index is 0.0994. The van der Waals surface area contributed by atoms with E-state index < -0.39 is 10.0 Å². The summed E-state index contributed by atoms with van der Waals surface area (Å²) in [6.45, 7) is 6.08. The molecule has 0 N–H and O–H groups in total. The summed E-state index contributed by atoms with van der Waals surface area (Å²) in [7, 11) is -3.38. The van der Waals surface area contributed by atoms with Gasteiger partial charge in [0.05, 0.1) is 0 Å². The minimum atomic E-state index is -3.38. The van der Waals surface area contributed by atoms with Gasteiger partial charge in [0.15, 0.2) is 5.58 Å². The zero-order valence-corrected chi connectivity index (χ0v) is 14.3. The topological polar surface area (TPSA) is 66.7 Å². The molecule has 1 fully saturated rings. The maximum absolute atomic E-state index is 12.7. The number of hydrogen-bond acceptors (Lipinski definition) is 5. The van der Waals surface area contributed by atoms with Crippen LogP contribution in [0.4, 0.5) is 0 Å². The highest BCUT2D eigenvalue weighted by Crippen LogP contribution is 2.21. The second kappa shape index (κ2) is 6.98. The van der Waals surface area contributed by atoms with Gasteiger partial charge in [0.2, 0.25) is 10.0 Å². The van der Waals surface area contributed by atoms with E-state index in [0.29, 0.717) is 24.4 Å². The van der Waals surface area contributed by atoms with Crippen LogP contribution in [-0.4, -0.2) is 55.5 Å². The summed E-state index contributed by atoms with van der Waals surface area (Å²) in [5.74, 6) is -0.0994. The molecule has 1 aromatic heterocycles. The van der Waals surface area contributed by atoms with Crippen LogP contribution in [0.25, 0.3) is 11.0 Å². The van der Waals surface area contributed by atoms with E-state index >= 15 is 0 Å². The number of benzene rings is 1. The minimum Gasteiger partial charge on any atom is -0.356 e. The molecule has 0 bridgehead atoms. The van der Waals surface area contributed by atoms with Crippen LogP contribution < -0.4 is 0 Å². The number of hydrogen-bond donors (Lipinski definition) is 0. The fourth-order valence-corrected chi connectivity index (χ4v) is 4.57. The van der Waals surface area contributed by atoms with Gasteiger partial charge < -0.3 is 9.42 Å². The summed E-state index contributed by atoms with van der Waals surface area (Å²) in [6, 6.07) is 7.36. The quantitative estimate of drug-likeness (QED) is 0.836. The van der Waals surface area contributed by atoms with Gasteiger partial charge in [0.25, 0.3) is 0 Å². The summed E-state index contributed by atoms with van der Waals surface area (Å²) in [5, 5.41) is 4.73. The summed E-state index contributed by atoms with van der Waals surface area (Å²) in [5.41, 5.74) is 1.12. The van der Waals surface area contributed by atoms with E-state index in [2.05, 4.69) is 17.0 Å². The molecule has 1 aliphatic rings. The summed E-state index contributed by atoms with van der Waals surface area (Å²) < 4.78 is 32.3. The van der Waals surface area contributed by atoms with Gasteiger partial charge in [-0.15, -0.1) is 0 Å². The van der Waals surface area contributed by atoms with E-state index in [1.165, 1.54) is 0 Å². The Morgan fingerprint density at radius 1 is 1.17 bits per heavy atom. The van der Waals surface area contributed by atoms with Gasteiger partial charge in [0.1, 0.15) is 11.4 Å². The van der Waals surface area contributed by atoms with Crippen molar-refractivity contribution in [2.24, 2.45) is 0 Å². The van der Waals surface area contributed by atoms with E-state index in [1.807, 2.05) is 18.2 Å². The summed E-state index contributed by atoms with van der Waals surface area (Å²) >= 11 is 0. The third-order valence-electron chi connectivity index (χ3n) is 4.25. The molecule has 0 aliphatic carbocycles. The Labute approximate surface area is 137 Å². The molecule has 1 aromatic carbocycles. The lowest BCUT2D eigenvalue weighted by Crippen LogP contribution is -2.36. The smallest absolute Gasteiger partial charge is 0.220 e. The Balaban J connectivity index is 1.74. The number of para-hydroxylation sites is 1. The van der Waals surface area contributed by atoms with Crippen LogP contribution in [0.15, 0.2) is 28.8 Å². The van der Waals surface area contributed by atoms with Crippen molar-refractivity contribution in [1.82, 2.24) is 14.4 Å². The highest BCUT2D eigenvalue weighted by Gasteiger charge is 2.27. The summed E-state index contributed by atoms with van der Waals surface area (Å²) in [4.78, 5) is 2.33. The second-order valence-electron chi connectivity index (χ2n) is 5.98. The number of rotatable bonds is 5. The molecular weight excluding hydrogens is 314 g/mol. The van der Waals surface area contributed by atoms with Crippen molar-refractivity contribution < 1.29 is 12.9 Å². The van der Waals surface area contributed by atoms with Crippen molar-refractivity contribution in [2.45, 2.75) is 25.5 Å². The fourth-order valence-electron chi connectivity index (χ4n) is 3.07. The Morgan fingerprint density at radius 3 is 2.83 bits per heavy atom. The molecule has 0 atom stereocenters. The highest BCUT2D eigenvalue weighted by molar-refractivity contribution is 7.88. The molecule has 0 spiro atoms. The van der Waals surface area contributed by atoms with Gasteiger partial charge in [-0.25, -0.2) is 12.7 Å². The Bertz CT molecular complexity index is 757. The zero-order valence-electron chi connectivity index (χ0n) is 13.4. The van der Waals surface area contributed by atoms with Crippen LogP contribution in [0, 0.1) is 0 Å². The third-order valence-corrected chi connectivity index (χ3v) is 6.04. The number of sulfonamides is 1. The van der Waals surface area contributed by atoms with Crippen LogP contribution in [-0.2, 0) is 15.8 Å². The molecule has 0 radical (unpaired) electrons. The normalized spacial score (nSPS) is 18.3. The van der Waals surface area contributed by atoms with Gasteiger partial charge in [-0.2, -0.15) is 0 Å². The molecule has 3 rings (SSSR count). The molecule has 0 amide bonds. The van der Waals surface area contributed by atoms with Crippen molar-refractivity contribution in [1.29, 1.82) is 0 Å². The number of aromatic nitrogens is 1. The lowest BCUT2D eigenvalue weighted by Gasteiger charge is -2.21. The average molecular weight is 337 g/mol. The molecule has 1 aliphatic heterocycles. The first-order valence-corrected chi connectivity index (χ1v) is 9.74. The van der Waals surface area contributed by atoms with E-state index in [-0.39, 0.29) is 5.75 Å². The largest absolute Gasteiger partial charge is 0.356 e. The van der Waals surface area contributed by atoms with Crippen molar-refractivity contribution in [3.63, 3.8) is 0 Å². The van der Waals surface area contributed by atoms with Gasteiger partial charge in [-0.3, -0.25) is 0 Å². The van der Waals surface area contributed by atoms with Gasteiger partial charge in [0, 0.05) is 25.0 Å². The lowest BCUT2D eigenvalue weighted by molar-refractivity contribution is 0.287. The third kappa shape index (κ3) is 3.73. The molecule has 7 heteroatoms. The van der Waals surface area contributed by atoms with Crippen LogP contribution in [0.1, 0.15) is 25.5 Å². The maximum Gasteiger partial charge on any atom is 0.220 e. The molecule has 0 saturated carbocycles. The lowest BCUT2D eigenvalue weighted by atomic mass is 10.2. The van der Waals surface area contributed by atoms with Crippen molar-refractivity contribution in [2.75, 3.05) is 32.7 Å². The van der Waals surface area contributed by atoms with Gasteiger partial charge in [-0.1, -0.05) is 24.2 Å². The monoisotopic (exact) mass is 337 g/mol. The molecular formula is C16H23N3O3S. The molecule has 126 valence electrons. The van der Waals surface area contributed by atoms with Gasteiger partial charge in [-0.05, 0) is 38.1 Å². The van der Waals surface area contributed by atoms with E-state index in [1.54, 1.807) is 10.4 Å². The van der Waals surface area contributed by atoms with E-state index in [0.717, 1.165) is 37.9 Å². The van der Waals surface area contributed by atoms with Crippen LogP contribution in [0.2, 0.25) is 0 Å². The number of fused-ring (bicyclic) bond motifs is 1. The molecule has 1 saturated heterocycles. The summed E-state index contributed by atoms with van der Waals surface area (Å²) in [6.07, 6.45) is 1.97. The molecule has 2 heterocycles. The Hall–Kier alpha value is -1.44. The average Bonchev–Trinajstić information content (AvgIpc) is 2.77. The first-order chi connectivity index (χ1) is 11.1. The second-order valence-corrected chi connectivity index (χ2v) is 7.94. The highest BCUT2D eigenvalue weighted by atomic mass is 32.2. The maximum atomic E-state index is 12.7.